The van der Waals surface area contributed by atoms with E-state index in [1.54, 1.807) is 0 Å². The summed E-state index contributed by atoms with van der Waals surface area (Å²) in [5.41, 5.74) is 18.5. The molecule has 0 saturated carbocycles. The lowest BCUT2D eigenvalue weighted by Crippen LogP contribution is -2.03. The molecule has 0 aliphatic heterocycles. The van der Waals surface area contributed by atoms with Crippen molar-refractivity contribution in [2.45, 2.75) is 6.92 Å². The number of aryl methyl sites for hydroxylation is 1. The van der Waals surface area contributed by atoms with E-state index in [0.717, 1.165) is 138 Å². The van der Waals surface area contributed by atoms with Crippen molar-refractivity contribution in [1.29, 1.82) is 5.26 Å². The SMILES string of the molecule is Cc1ccc(-c2cc(C#N)ccc2-n2c3ccc(-c4nc(-c5ccccc5)nc(-c5ccccc5)n4)cc3c3cc(-c4nc(-c5ccccc5)nc(-c5ccccc5)n4)ccc32)c(-n2c3ccc(-c4nc(-c5ccccc5)nc(-c5ccccc5)n4)cc3c3cc(-c4nc(-c5ccccc5)nc(-c5ccccc5)n4)ccc32)c1. The molecule has 20 aromatic rings. The van der Waals surface area contributed by atoms with Crippen LogP contribution in [-0.2, 0) is 0 Å². The number of fused-ring (bicyclic) bond motifs is 6. The Bertz CT molecular complexity index is 6500. The summed E-state index contributed by atoms with van der Waals surface area (Å²) in [5.74, 6) is 6.44. The van der Waals surface area contributed by atoms with Gasteiger partial charge in [-0.05, 0) is 110 Å². The second kappa shape index (κ2) is 28.4. The smallest absolute Gasteiger partial charge is 0.164 e. The van der Waals surface area contributed by atoms with Crippen molar-refractivity contribution in [3.8, 4) is 165 Å². The maximum absolute atomic E-state index is 11.1. The van der Waals surface area contributed by atoms with Crippen molar-refractivity contribution in [2.24, 2.45) is 0 Å². The maximum Gasteiger partial charge on any atom is 0.164 e. The highest BCUT2D eigenvalue weighted by atomic mass is 15.1. The Morgan fingerprint density at radius 1 is 0.204 bits per heavy atom. The van der Waals surface area contributed by atoms with E-state index in [1.807, 2.05) is 255 Å². The van der Waals surface area contributed by atoms with Gasteiger partial charge in [0.05, 0.1) is 45.1 Å². The van der Waals surface area contributed by atoms with Crippen LogP contribution in [0.25, 0.3) is 203 Å². The third kappa shape index (κ3) is 12.6. The van der Waals surface area contributed by atoms with E-state index in [2.05, 4.69) is 119 Å². The van der Waals surface area contributed by atoms with Crippen LogP contribution >= 0.6 is 0 Å². The van der Waals surface area contributed by atoms with Crippen LogP contribution in [0.2, 0.25) is 0 Å². The minimum atomic E-state index is 0.484. The van der Waals surface area contributed by atoms with E-state index >= 15 is 0 Å². The minimum Gasteiger partial charge on any atom is -0.309 e. The zero-order valence-electron chi connectivity index (χ0n) is 60.7. The molecule has 0 amide bonds. The molecular weight excluding hydrogens is 1390 g/mol. The molecule has 15 nitrogen and oxygen atoms in total. The predicted molar refractivity (Wildman–Crippen MR) is 449 cm³/mol. The first kappa shape index (κ1) is 66.6. The van der Waals surface area contributed by atoms with E-state index in [-0.39, 0.29) is 0 Å². The number of aromatic nitrogens is 14. The number of benzene rings is 14. The van der Waals surface area contributed by atoms with Crippen LogP contribution in [-0.4, -0.2) is 68.9 Å². The Morgan fingerprint density at radius 3 is 0.673 bits per heavy atom. The highest BCUT2D eigenvalue weighted by Crippen LogP contribution is 2.45. The molecule has 6 heterocycles. The van der Waals surface area contributed by atoms with Gasteiger partial charge in [0.15, 0.2) is 69.9 Å². The highest BCUT2D eigenvalue weighted by Gasteiger charge is 2.26. The van der Waals surface area contributed by atoms with Gasteiger partial charge in [-0.25, -0.2) is 59.8 Å². The molecule has 6 aromatic heterocycles. The van der Waals surface area contributed by atoms with Gasteiger partial charge >= 0.3 is 0 Å². The summed E-state index contributed by atoms with van der Waals surface area (Å²) in [6.07, 6.45) is 0. The van der Waals surface area contributed by atoms with Gasteiger partial charge in [0.1, 0.15) is 0 Å². The molecule has 528 valence electrons. The number of hydrogen-bond acceptors (Lipinski definition) is 13. The Kier molecular flexibility index (Phi) is 16.8. The average molecular weight is 1450 g/mol. The summed E-state index contributed by atoms with van der Waals surface area (Å²) in [6.45, 7) is 2.12. The van der Waals surface area contributed by atoms with E-state index in [9.17, 15) is 5.26 Å². The van der Waals surface area contributed by atoms with Gasteiger partial charge < -0.3 is 9.13 Å². The standard InChI is InChI=1S/C98H61N15/c1-61-42-48-75(86(54-61)113-84-52-46-73(97-108-91(67-34-18-6-19-35-67)102-92(109-97)68-36-20-7-21-37-68)58-79(84)80-59-74(47-53-85(80)113)98-110-93(69-38-22-8-23-39-69)103-94(111-98)70-40-24-9-25-41-70)76-55-62(60-99)43-49-81(76)112-82-50-44-71(95-104-87(63-26-10-2-11-27-63)100-88(105-95)64-28-12-3-13-29-64)56-77(82)78-57-72(45-51-83(78)112)96-106-89(65-30-14-4-15-31-65)101-90(107-96)66-32-16-5-17-33-66/h2-59H,1H3. The van der Waals surface area contributed by atoms with Crippen molar-refractivity contribution >= 4 is 43.6 Å². The van der Waals surface area contributed by atoms with Crippen LogP contribution in [0.4, 0.5) is 0 Å². The van der Waals surface area contributed by atoms with Crippen LogP contribution in [0.1, 0.15) is 11.1 Å². The fourth-order valence-corrected chi connectivity index (χ4v) is 14.9. The largest absolute Gasteiger partial charge is 0.309 e. The number of nitrogens with zero attached hydrogens (tertiary/aromatic N) is 15. The molecule has 0 radical (unpaired) electrons. The van der Waals surface area contributed by atoms with Gasteiger partial charge in [0.25, 0.3) is 0 Å². The molecule has 113 heavy (non-hydrogen) atoms. The van der Waals surface area contributed by atoms with E-state index in [1.165, 1.54) is 0 Å². The number of nitriles is 1. The zero-order valence-corrected chi connectivity index (χ0v) is 60.7. The molecule has 0 aliphatic rings. The molecule has 0 aliphatic carbocycles. The second-order valence-electron chi connectivity index (χ2n) is 27.6. The van der Waals surface area contributed by atoms with Crippen molar-refractivity contribution in [1.82, 2.24) is 68.9 Å². The van der Waals surface area contributed by atoms with Crippen molar-refractivity contribution in [3.63, 3.8) is 0 Å². The summed E-state index contributed by atoms with van der Waals surface area (Å²) >= 11 is 0. The van der Waals surface area contributed by atoms with Gasteiger partial charge in [0, 0.05) is 99.4 Å². The molecule has 15 heteroatoms. The van der Waals surface area contributed by atoms with Crippen LogP contribution in [0.15, 0.2) is 352 Å². The van der Waals surface area contributed by atoms with Gasteiger partial charge in [-0.3, -0.25) is 0 Å². The Labute approximate surface area is 649 Å². The van der Waals surface area contributed by atoms with Crippen molar-refractivity contribution in [3.05, 3.63) is 363 Å². The first-order chi connectivity index (χ1) is 55.8. The van der Waals surface area contributed by atoms with Crippen molar-refractivity contribution in [2.75, 3.05) is 0 Å². The van der Waals surface area contributed by atoms with Gasteiger partial charge in [-0.15, -0.1) is 0 Å². The molecule has 0 unspecified atom stereocenters. The molecule has 14 aromatic carbocycles. The monoisotopic (exact) mass is 1450 g/mol. The summed E-state index contributed by atoms with van der Waals surface area (Å²) < 4.78 is 4.65. The summed E-state index contributed by atoms with van der Waals surface area (Å²) in [7, 11) is 0. The third-order valence-corrected chi connectivity index (χ3v) is 20.4. The fraction of sp³-hybridized carbons (Fsp3) is 0.0102. The third-order valence-electron chi connectivity index (χ3n) is 20.4. The van der Waals surface area contributed by atoms with Crippen LogP contribution in [0.3, 0.4) is 0 Å². The summed E-state index contributed by atoms with van der Waals surface area (Å²) in [4.78, 5) is 62.3. The van der Waals surface area contributed by atoms with Gasteiger partial charge in [0.2, 0.25) is 0 Å². The van der Waals surface area contributed by atoms with Crippen LogP contribution in [0.5, 0.6) is 0 Å². The Hall–Kier alpha value is -15.8. The maximum atomic E-state index is 11.1. The molecule has 0 N–H and O–H groups in total. The second-order valence-corrected chi connectivity index (χ2v) is 27.6. The lowest BCUT2D eigenvalue weighted by molar-refractivity contribution is 1.07. The first-order valence-corrected chi connectivity index (χ1v) is 37.1. The topological polar surface area (TPSA) is 188 Å². The summed E-state index contributed by atoms with van der Waals surface area (Å²) in [6, 6.07) is 121. The molecule has 0 bridgehead atoms. The van der Waals surface area contributed by atoms with E-state index < -0.39 is 0 Å². The van der Waals surface area contributed by atoms with Crippen LogP contribution < -0.4 is 0 Å². The molecule has 0 atom stereocenters. The Balaban J connectivity index is 0.819. The molecule has 0 spiro atoms. The lowest BCUT2D eigenvalue weighted by Gasteiger charge is -2.19. The normalized spacial score (nSPS) is 11.4. The lowest BCUT2D eigenvalue weighted by atomic mass is 9.97. The van der Waals surface area contributed by atoms with Gasteiger partial charge in [-0.1, -0.05) is 255 Å². The molecule has 20 rings (SSSR count). The highest BCUT2D eigenvalue weighted by molar-refractivity contribution is 6.14. The number of rotatable bonds is 15. The van der Waals surface area contributed by atoms with E-state index in [0.29, 0.717) is 75.5 Å². The quantitative estimate of drug-likeness (QED) is 0.0944. The zero-order chi connectivity index (χ0) is 75.3. The number of hydrogen-bond donors (Lipinski definition) is 0. The summed E-state index contributed by atoms with van der Waals surface area (Å²) in [5, 5.41) is 14.8. The first-order valence-electron chi connectivity index (χ1n) is 37.1. The van der Waals surface area contributed by atoms with Crippen LogP contribution in [0, 0.1) is 18.3 Å². The average Bonchev–Trinajstić information content (AvgIpc) is 1.59. The minimum absolute atomic E-state index is 0.484. The fourth-order valence-electron chi connectivity index (χ4n) is 14.9. The molecule has 0 fully saturated rings. The molecule has 0 saturated heterocycles. The predicted octanol–water partition coefficient (Wildman–Crippen LogP) is 22.5. The van der Waals surface area contributed by atoms with E-state index in [4.69, 9.17) is 59.8 Å². The van der Waals surface area contributed by atoms with Crippen molar-refractivity contribution < 1.29 is 0 Å². The molecular formula is C98H61N15. The Morgan fingerprint density at radius 2 is 0.434 bits per heavy atom. The van der Waals surface area contributed by atoms with Gasteiger partial charge in [-0.2, -0.15) is 5.26 Å².